The highest BCUT2D eigenvalue weighted by molar-refractivity contribution is 7.99. The zero-order valence-electron chi connectivity index (χ0n) is 11.1. The summed E-state index contributed by atoms with van der Waals surface area (Å²) in [6.45, 7) is 0.529. The molecule has 0 saturated heterocycles. The molecule has 0 saturated carbocycles. The molecular weight excluding hydrogens is 327 g/mol. The first-order valence-corrected chi connectivity index (χ1v) is 8.02. The van der Waals surface area contributed by atoms with Gasteiger partial charge in [-0.3, -0.25) is 4.79 Å². The van der Waals surface area contributed by atoms with Gasteiger partial charge in [-0.25, -0.2) is 0 Å². The van der Waals surface area contributed by atoms with Gasteiger partial charge in [0.05, 0.1) is 15.6 Å². The smallest absolute Gasteiger partial charge is 0.252 e. The van der Waals surface area contributed by atoms with Gasteiger partial charge in [-0.05, 0) is 24.3 Å². The molecule has 110 valence electrons. The molecule has 0 fully saturated rings. The van der Waals surface area contributed by atoms with Crippen LogP contribution in [0.4, 0.5) is 5.69 Å². The fraction of sp³-hybridized carbons (Fsp3) is 0.133. The van der Waals surface area contributed by atoms with E-state index in [0.29, 0.717) is 17.8 Å². The number of halogens is 2. The first kappa shape index (κ1) is 16.0. The summed E-state index contributed by atoms with van der Waals surface area (Å²) >= 11 is 13.6. The Hall–Kier alpha value is -1.36. The number of nitrogens with two attached hydrogens (primary N) is 1. The molecular formula is C15H14Cl2N2OS. The zero-order chi connectivity index (χ0) is 15.2. The Bertz CT molecular complexity index is 635. The summed E-state index contributed by atoms with van der Waals surface area (Å²) in [5, 5.41) is 3.31. The van der Waals surface area contributed by atoms with Gasteiger partial charge in [-0.15, -0.1) is 11.8 Å². The van der Waals surface area contributed by atoms with Crippen molar-refractivity contribution in [2.45, 2.75) is 4.90 Å². The molecule has 2 rings (SSSR count). The van der Waals surface area contributed by atoms with Crippen molar-refractivity contribution in [3.63, 3.8) is 0 Å². The molecule has 0 spiro atoms. The van der Waals surface area contributed by atoms with Gasteiger partial charge >= 0.3 is 0 Å². The molecule has 1 amide bonds. The quantitative estimate of drug-likeness (QED) is 0.489. The standard InChI is InChI=1S/C15H14Cl2N2OS/c16-13-9-10(18)8-12(14(13)17)15(20)19-6-7-21-11-4-2-1-3-5-11/h1-5,8-9H,6-7,18H2,(H,19,20). The lowest BCUT2D eigenvalue weighted by atomic mass is 10.2. The number of nitrogen functional groups attached to an aromatic ring is 1. The van der Waals surface area contributed by atoms with Gasteiger partial charge < -0.3 is 11.1 Å². The van der Waals surface area contributed by atoms with Crippen molar-refractivity contribution in [1.82, 2.24) is 5.32 Å². The van der Waals surface area contributed by atoms with Crippen LogP contribution >= 0.6 is 35.0 Å². The molecule has 0 bridgehead atoms. The molecule has 2 aromatic carbocycles. The summed E-state index contributed by atoms with van der Waals surface area (Å²) in [6, 6.07) is 13.0. The van der Waals surface area contributed by atoms with E-state index >= 15 is 0 Å². The number of hydrogen-bond donors (Lipinski definition) is 2. The lowest BCUT2D eigenvalue weighted by molar-refractivity contribution is 0.0956. The van der Waals surface area contributed by atoms with Crippen LogP contribution in [0, 0.1) is 0 Å². The van der Waals surface area contributed by atoms with E-state index in [0.717, 1.165) is 10.6 Å². The van der Waals surface area contributed by atoms with Gasteiger partial charge in [0.1, 0.15) is 0 Å². The molecule has 3 N–H and O–H groups in total. The summed E-state index contributed by atoms with van der Waals surface area (Å²) in [5.41, 5.74) is 6.38. The molecule has 0 aliphatic carbocycles. The minimum Gasteiger partial charge on any atom is -0.399 e. The van der Waals surface area contributed by atoms with E-state index in [4.69, 9.17) is 28.9 Å². The van der Waals surface area contributed by atoms with E-state index in [9.17, 15) is 4.79 Å². The van der Waals surface area contributed by atoms with Gasteiger partial charge in [0.15, 0.2) is 0 Å². The molecule has 0 radical (unpaired) electrons. The Morgan fingerprint density at radius 3 is 2.62 bits per heavy atom. The second kappa shape index (κ2) is 7.59. The molecule has 6 heteroatoms. The second-order valence-electron chi connectivity index (χ2n) is 4.28. The van der Waals surface area contributed by atoms with Crippen molar-refractivity contribution < 1.29 is 4.79 Å². The van der Waals surface area contributed by atoms with E-state index in [2.05, 4.69) is 5.32 Å². The van der Waals surface area contributed by atoms with Crippen LogP contribution in [-0.2, 0) is 0 Å². The fourth-order valence-electron chi connectivity index (χ4n) is 1.72. The molecule has 3 nitrogen and oxygen atoms in total. The summed E-state index contributed by atoms with van der Waals surface area (Å²) < 4.78 is 0. The average molecular weight is 341 g/mol. The van der Waals surface area contributed by atoms with Crippen molar-refractivity contribution >= 4 is 46.6 Å². The third-order valence-electron chi connectivity index (χ3n) is 2.69. The summed E-state index contributed by atoms with van der Waals surface area (Å²) in [5.74, 6) is 0.492. The van der Waals surface area contributed by atoms with Crippen molar-refractivity contribution in [3.8, 4) is 0 Å². The Morgan fingerprint density at radius 2 is 1.90 bits per heavy atom. The maximum Gasteiger partial charge on any atom is 0.252 e. The van der Waals surface area contributed by atoms with E-state index < -0.39 is 0 Å². The number of rotatable bonds is 5. The van der Waals surface area contributed by atoms with Crippen LogP contribution in [-0.4, -0.2) is 18.2 Å². The largest absolute Gasteiger partial charge is 0.399 e. The SMILES string of the molecule is Nc1cc(Cl)c(Cl)c(C(=O)NCCSc2ccccc2)c1. The van der Waals surface area contributed by atoms with Crippen LogP contribution in [0.3, 0.4) is 0 Å². The van der Waals surface area contributed by atoms with E-state index in [1.165, 1.54) is 12.1 Å². The summed E-state index contributed by atoms with van der Waals surface area (Å²) in [4.78, 5) is 13.2. The first-order chi connectivity index (χ1) is 10.1. The fourth-order valence-corrected chi connectivity index (χ4v) is 2.93. The van der Waals surface area contributed by atoms with Gasteiger partial charge in [0.25, 0.3) is 5.91 Å². The number of carbonyl (C=O) groups is 1. The highest BCUT2D eigenvalue weighted by atomic mass is 35.5. The van der Waals surface area contributed by atoms with Crippen LogP contribution in [0.1, 0.15) is 10.4 Å². The van der Waals surface area contributed by atoms with E-state index in [1.807, 2.05) is 30.3 Å². The maximum absolute atomic E-state index is 12.1. The monoisotopic (exact) mass is 340 g/mol. The highest BCUT2D eigenvalue weighted by Gasteiger charge is 2.13. The molecule has 21 heavy (non-hydrogen) atoms. The molecule has 0 atom stereocenters. The molecule has 0 aliphatic rings. The number of hydrogen-bond acceptors (Lipinski definition) is 3. The van der Waals surface area contributed by atoms with Crippen molar-refractivity contribution in [2.24, 2.45) is 0 Å². The van der Waals surface area contributed by atoms with Gasteiger partial charge in [-0.1, -0.05) is 41.4 Å². The lowest BCUT2D eigenvalue weighted by Gasteiger charge is -2.09. The van der Waals surface area contributed by atoms with Crippen LogP contribution < -0.4 is 11.1 Å². The predicted octanol–water partition coefficient (Wildman–Crippen LogP) is 4.10. The Morgan fingerprint density at radius 1 is 1.19 bits per heavy atom. The average Bonchev–Trinajstić information content (AvgIpc) is 2.48. The number of anilines is 1. The van der Waals surface area contributed by atoms with Gasteiger partial charge in [-0.2, -0.15) is 0 Å². The predicted molar refractivity (Wildman–Crippen MR) is 90.4 cm³/mol. The highest BCUT2D eigenvalue weighted by Crippen LogP contribution is 2.28. The van der Waals surface area contributed by atoms with E-state index in [1.54, 1.807) is 11.8 Å². The minimum atomic E-state index is -0.275. The molecule has 0 heterocycles. The van der Waals surface area contributed by atoms with Gasteiger partial charge in [0.2, 0.25) is 0 Å². The third kappa shape index (κ3) is 4.56. The van der Waals surface area contributed by atoms with Gasteiger partial charge in [0, 0.05) is 22.9 Å². The topological polar surface area (TPSA) is 55.1 Å². The Labute approximate surface area is 137 Å². The maximum atomic E-state index is 12.1. The molecule has 0 aromatic heterocycles. The van der Waals surface area contributed by atoms with Crippen molar-refractivity contribution in [3.05, 3.63) is 58.1 Å². The number of nitrogens with one attached hydrogen (secondary N) is 1. The zero-order valence-corrected chi connectivity index (χ0v) is 13.4. The minimum absolute atomic E-state index is 0.221. The summed E-state index contributed by atoms with van der Waals surface area (Å²) in [6.07, 6.45) is 0. The van der Waals surface area contributed by atoms with Crippen molar-refractivity contribution in [2.75, 3.05) is 18.0 Å². The summed E-state index contributed by atoms with van der Waals surface area (Å²) in [7, 11) is 0. The Balaban J connectivity index is 1.88. The number of thioether (sulfide) groups is 1. The van der Waals surface area contributed by atoms with Crippen LogP contribution in [0.5, 0.6) is 0 Å². The van der Waals surface area contributed by atoms with Crippen molar-refractivity contribution in [1.29, 1.82) is 0 Å². The molecule has 2 aromatic rings. The molecule has 0 unspecified atom stereocenters. The van der Waals surface area contributed by atoms with Crippen LogP contribution in [0.25, 0.3) is 0 Å². The van der Waals surface area contributed by atoms with Crippen LogP contribution in [0.2, 0.25) is 10.0 Å². The molecule has 0 aliphatic heterocycles. The van der Waals surface area contributed by atoms with E-state index in [-0.39, 0.29) is 16.0 Å². The normalized spacial score (nSPS) is 10.4. The number of carbonyl (C=O) groups excluding carboxylic acids is 1. The Kier molecular flexibility index (Phi) is 5.79. The lowest BCUT2D eigenvalue weighted by Crippen LogP contribution is -2.26. The first-order valence-electron chi connectivity index (χ1n) is 6.28. The van der Waals surface area contributed by atoms with Crippen LogP contribution in [0.15, 0.2) is 47.4 Å². The second-order valence-corrected chi connectivity index (χ2v) is 6.24. The number of benzene rings is 2. The third-order valence-corrected chi connectivity index (χ3v) is 4.51. The number of amides is 1.